The summed E-state index contributed by atoms with van der Waals surface area (Å²) in [5.41, 5.74) is 3.47. The van der Waals surface area contributed by atoms with E-state index in [4.69, 9.17) is 9.47 Å². The maximum atomic E-state index is 12.3. The monoisotopic (exact) mass is 421 g/mol. The summed E-state index contributed by atoms with van der Waals surface area (Å²) < 4.78 is 12.5. The Morgan fingerprint density at radius 1 is 1.19 bits per heavy atom. The molecule has 3 heterocycles. The fourth-order valence-corrected chi connectivity index (χ4v) is 3.26. The number of methoxy groups -OCH3 is 1. The zero-order valence-corrected chi connectivity index (χ0v) is 17.8. The molecule has 4 rings (SSSR count). The minimum Gasteiger partial charge on any atom is -0.497 e. The van der Waals surface area contributed by atoms with Crippen molar-refractivity contribution in [3.05, 3.63) is 47.4 Å². The zero-order chi connectivity index (χ0) is 22.0. The van der Waals surface area contributed by atoms with Crippen molar-refractivity contribution in [1.82, 2.24) is 35.3 Å². The van der Waals surface area contributed by atoms with E-state index in [9.17, 15) is 4.79 Å². The number of fused-ring (bicyclic) bond motifs is 1. The third-order valence-corrected chi connectivity index (χ3v) is 4.76. The predicted octanol–water partition coefficient (Wildman–Crippen LogP) is 2.07. The number of nitrogens with zero attached hydrogens (tertiary/aromatic N) is 5. The van der Waals surface area contributed by atoms with Gasteiger partial charge in [-0.3, -0.25) is 9.89 Å². The molecule has 3 aromatic heterocycles. The van der Waals surface area contributed by atoms with Gasteiger partial charge in [-0.2, -0.15) is 5.10 Å². The van der Waals surface area contributed by atoms with Gasteiger partial charge < -0.3 is 14.8 Å². The largest absolute Gasteiger partial charge is 0.497 e. The highest BCUT2D eigenvalue weighted by Crippen LogP contribution is 2.27. The highest BCUT2D eigenvalue weighted by Gasteiger charge is 2.16. The molecule has 0 saturated heterocycles. The zero-order valence-electron chi connectivity index (χ0n) is 17.8. The van der Waals surface area contributed by atoms with E-state index >= 15 is 0 Å². The number of aromatic amines is 1. The van der Waals surface area contributed by atoms with Crippen molar-refractivity contribution >= 4 is 16.9 Å². The maximum absolute atomic E-state index is 12.3. The first-order valence-electron chi connectivity index (χ1n) is 9.70. The number of H-pyrrole nitrogens is 1. The molecule has 1 amide bonds. The molecule has 160 valence electrons. The lowest BCUT2D eigenvalue weighted by atomic mass is 10.2. The summed E-state index contributed by atoms with van der Waals surface area (Å²) in [4.78, 5) is 21.2. The standard InChI is InChI=1S/C21H23N7O3/c1-12-9-13(2)23-20-18(12)21(27-28(20)3)31-11-17(29)22-10-16-24-19(26-25-16)14-5-7-15(30-4)8-6-14/h5-9H,10-11H2,1-4H3,(H,22,29)(H,24,25,26). The van der Waals surface area contributed by atoms with Crippen LogP contribution in [0.15, 0.2) is 30.3 Å². The second-order valence-corrected chi connectivity index (χ2v) is 7.11. The first-order valence-corrected chi connectivity index (χ1v) is 9.70. The van der Waals surface area contributed by atoms with E-state index in [1.165, 1.54) is 0 Å². The van der Waals surface area contributed by atoms with E-state index in [2.05, 4.69) is 30.6 Å². The molecule has 0 aliphatic heterocycles. The molecule has 0 saturated carbocycles. The lowest BCUT2D eigenvalue weighted by Crippen LogP contribution is -2.29. The van der Waals surface area contributed by atoms with Gasteiger partial charge >= 0.3 is 0 Å². The molecule has 0 aliphatic carbocycles. The van der Waals surface area contributed by atoms with Crippen LogP contribution in [0, 0.1) is 13.8 Å². The van der Waals surface area contributed by atoms with E-state index < -0.39 is 0 Å². The number of aromatic nitrogens is 6. The number of nitrogens with one attached hydrogen (secondary N) is 2. The fourth-order valence-electron chi connectivity index (χ4n) is 3.26. The van der Waals surface area contributed by atoms with Crippen LogP contribution in [0.3, 0.4) is 0 Å². The Labute approximate surface area is 178 Å². The van der Waals surface area contributed by atoms with E-state index in [0.717, 1.165) is 33.6 Å². The summed E-state index contributed by atoms with van der Waals surface area (Å²) in [5, 5.41) is 14.9. The van der Waals surface area contributed by atoms with Crippen molar-refractivity contribution in [3.8, 4) is 23.0 Å². The van der Waals surface area contributed by atoms with E-state index in [0.29, 0.717) is 17.5 Å². The minimum atomic E-state index is -0.293. The summed E-state index contributed by atoms with van der Waals surface area (Å²) in [7, 11) is 3.41. The van der Waals surface area contributed by atoms with Crippen LogP contribution in [-0.2, 0) is 18.4 Å². The second kappa shape index (κ2) is 8.42. The molecular formula is C21H23N7O3. The summed E-state index contributed by atoms with van der Waals surface area (Å²) in [6.45, 7) is 3.93. The van der Waals surface area contributed by atoms with Gasteiger partial charge in [-0.05, 0) is 49.7 Å². The molecule has 0 radical (unpaired) electrons. The van der Waals surface area contributed by atoms with Crippen molar-refractivity contribution in [1.29, 1.82) is 0 Å². The Balaban J connectivity index is 1.35. The lowest BCUT2D eigenvalue weighted by molar-refractivity contribution is -0.123. The van der Waals surface area contributed by atoms with Gasteiger partial charge in [0.05, 0.1) is 19.0 Å². The van der Waals surface area contributed by atoms with Gasteiger partial charge in [0.25, 0.3) is 5.91 Å². The molecule has 4 aromatic rings. The van der Waals surface area contributed by atoms with Crippen LogP contribution in [0.1, 0.15) is 17.1 Å². The molecule has 0 aliphatic rings. The number of rotatable bonds is 7. The quantitative estimate of drug-likeness (QED) is 0.469. The van der Waals surface area contributed by atoms with Crippen LogP contribution in [0.25, 0.3) is 22.4 Å². The number of ether oxygens (including phenoxy) is 2. The molecule has 10 nitrogen and oxygen atoms in total. The summed E-state index contributed by atoms with van der Waals surface area (Å²) >= 11 is 0. The third-order valence-electron chi connectivity index (χ3n) is 4.76. The molecule has 0 atom stereocenters. The lowest BCUT2D eigenvalue weighted by Gasteiger charge is -2.05. The van der Waals surface area contributed by atoms with Crippen molar-refractivity contribution < 1.29 is 14.3 Å². The predicted molar refractivity (Wildman–Crippen MR) is 114 cm³/mol. The number of carbonyl (C=O) groups excluding carboxylic acids is 1. The highest BCUT2D eigenvalue weighted by molar-refractivity contribution is 5.85. The van der Waals surface area contributed by atoms with Crippen molar-refractivity contribution in [3.63, 3.8) is 0 Å². The average Bonchev–Trinajstić information content (AvgIpc) is 3.36. The normalized spacial score (nSPS) is 11.0. The Hall–Kier alpha value is -3.95. The molecule has 10 heteroatoms. The molecule has 0 spiro atoms. The number of hydrogen-bond acceptors (Lipinski definition) is 7. The van der Waals surface area contributed by atoms with E-state index in [1.807, 2.05) is 44.2 Å². The van der Waals surface area contributed by atoms with Gasteiger partial charge in [0.1, 0.15) is 11.6 Å². The number of aryl methyl sites for hydroxylation is 3. The SMILES string of the molecule is COc1ccc(-c2n[nH]c(CNC(=O)COc3nn(C)c4nc(C)cc(C)c34)n2)cc1. The molecule has 0 bridgehead atoms. The average molecular weight is 421 g/mol. The van der Waals surface area contributed by atoms with E-state index in [1.54, 1.807) is 18.8 Å². The summed E-state index contributed by atoms with van der Waals surface area (Å²) in [5.74, 6) is 1.94. The first-order chi connectivity index (χ1) is 14.9. The van der Waals surface area contributed by atoms with Crippen LogP contribution in [0.4, 0.5) is 0 Å². The van der Waals surface area contributed by atoms with Crippen molar-refractivity contribution in [2.24, 2.45) is 7.05 Å². The maximum Gasteiger partial charge on any atom is 0.258 e. The molecule has 2 N–H and O–H groups in total. The molecule has 1 aromatic carbocycles. The van der Waals surface area contributed by atoms with Crippen LogP contribution in [-0.4, -0.2) is 49.6 Å². The number of amides is 1. The second-order valence-electron chi connectivity index (χ2n) is 7.11. The van der Waals surface area contributed by atoms with Gasteiger partial charge in [0, 0.05) is 18.3 Å². The molecule has 0 fully saturated rings. The van der Waals surface area contributed by atoms with E-state index in [-0.39, 0.29) is 19.1 Å². The highest BCUT2D eigenvalue weighted by atomic mass is 16.5. The Bertz CT molecular complexity index is 1230. The minimum absolute atomic E-state index is 0.168. The number of carbonyl (C=O) groups is 1. The summed E-state index contributed by atoms with van der Waals surface area (Å²) in [6, 6.07) is 9.37. The third kappa shape index (κ3) is 4.32. The number of benzene rings is 1. The summed E-state index contributed by atoms with van der Waals surface area (Å²) in [6.07, 6.45) is 0. The van der Waals surface area contributed by atoms with Gasteiger partial charge in [-0.25, -0.2) is 14.6 Å². The number of pyridine rings is 1. The Morgan fingerprint density at radius 2 is 1.97 bits per heavy atom. The molecular weight excluding hydrogens is 398 g/mol. The van der Waals surface area contributed by atoms with Crippen LogP contribution >= 0.6 is 0 Å². The van der Waals surface area contributed by atoms with Gasteiger partial charge in [0.2, 0.25) is 5.88 Å². The molecule has 31 heavy (non-hydrogen) atoms. The Kier molecular flexibility index (Phi) is 5.52. The van der Waals surface area contributed by atoms with Gasteiger partial charge in [-0.15, -0.1) is 5.10 Å². The van der Waals surface area contributed by atoms with Crippen molar-refractivity contribution in [2.45, 2.75) is 20.4 Å². The first kappa shape index (κ1) is 20.3. The van der Waals surface area contributed by atoms with Crippen LogP contribution in [0.2, 0.25) is 0 Å². The van der Waals surface area contributed by atoms with Gasteiger partial charge in [-0.1, -0.05) is 0 Å². The Morgan fingerprint density at radius 3 is 2.71 bits per heavy atom. The number of hydrogen-bond donors (Lipinski definition) is 2. The molecule has 0 unspecified atom stereocenters. The van der Waals surface area contributed by atoms with Crippen molar-refractivity contribution in [2.75, 3.05) is 13.7 Å². The van der Waals surface area contributed by atoms with Crippen LogP contribution in [0.5, 0.6) is 11.6 Å². The van der Waals surface area contributed by atoms with Gasteiger partial charge in [0.15, 0.2) is 18.1 Å². The van der Waals surface area contributed by atoms with Crippen LogP contribution < -0.4 is 14.8 Å². The smallest absolute Gasteiger partial charge is 0.258 e. The topological polar surface area (TPSA) is 120 Å². The fraction of sp³-hybridized carbons (Fsp3) is 0.286.